The van der Waals surface area contributed by atoms with Crippen molar-refractivity contribution in [1.82, 2.24) is 4.98 Å². The fourth-order valence-electron chi connectivity index (χ4n) is 3.44. The standard InChI is InChI=1S/C14H19N3O2/c1-19-14(18)10-6-13(16-7-11(10)15)17-12-5-8-2-3-9(12)4-8/h6-9,12H,2-5,15H2,1H3,(H,16,17). The van der Waals surface area contributed by atoms with E-state index in [4.69, 9.17) is 10.5 Å². The minimum atomic E-state index is -0.420. The molecule has 0 aromatic carbocycles. The molecule has 3 N–H and O–H groups in total. The molecule has 0 spiro atoms. The van der Waals surface area contributed by atoms with Crippen LogP contribution in [0.1, 0.15) is 36.0 Å². The molecule has 2 bridgehead atoms. The predicted molar refractivity (Wildman–Crippen MR) is 72.8 cm³/mol. The van der Waals surface area contributed by atoms with E-state index in [1.807, 2.05) is 0 Å². The monoisotopic (exact) mass is 261 g/mol. The summed E-state index contributed by atoms with van der Waals surface area (Å²) in [5.41, 5.74) is 6.47. The fraction of sp³-hybridized carbons (Fsp3) is 0.571. The van der Waals surface area contributed by atoms with Crippen LogP contribution in [0.3, 0.4) is 0 Å². The van der Waals surface area contributed by atoms with Gasteiger partial charge in [0.05, 0.1) is 24.6 Å². The van der Waals surface area contributed by atoms with Crippen LogP contribution in [-0.2, 0) is 4.74 Å². The normalized spacial score (nSPS) is 28.4. The molecular weight excluding hydrogens is 242 g/mol. The predicted octanol–water partition coefficient (Wildman–Crippen LogP) is 2.05. The molecule has 0 aliphatic heterocycles. The molecule has 0 amide bonds. The number of carbonyl (C=O) groups is 1. The molecule has 5 nitrogen and oxygen atoms in total. The van der Waals surface area contributed by atoms with Gasteiger partial charge in [-0.3, -0.25) is 0 Å². The molecule has 3 atom stereocenters. The van der Waals surface area contributed by atoms with Gasteiger partial charge < -0.3 is 15.8 Å². The van der Waals surface area contributed by atoms with E-state index >= 15 is 0 Å². The number of carbonyl (C=O) groups excluding carboxylic acids is 1. The van der Waals surface area contributed by atoms with E-state index in [1.54, 1.807) is 6.07 Å². The van der Waals surface area contributed by atoms with Crippen molar-refractivity contribution in [2.24, 2.45) is 11.8 Å². The highest BCUT2D eigenvalue weighted by atomic mass is 16.5. The molecular formula is C14H19N3O2. The zero-order chi connectivity index (χ0) is 13.4. The summed E-state index contributed by atoms with van der Waals surface area (Å²) < 4.78 is 4.72. The SMILES string of the molecule is COC(=O)c1cc(NC2CC3CCC2C3)ncc1N. The van der Waals surface area contributed by atoms with Crippen molar-refractivity contribution in [3.63, 3.8) is 0 Å². The molecule has 2 aliphatic carbocycles. The maximum Gasteiger partial charge on any atom is 0.340 e. The first kappa shape index (κ1) is 12.3. The molecule has 3 unspecified atom stereocenters. The molecule has 19 heavy (non-hydrogen) atoms. The van der Waals surface area contributed by atoms with Gasteiger partial charge in [-0.1, -0.05) is 6.42 Å². The average molecular weight is 261 g/mol. The number of pyridine rings is 1. The largest absolute Gasteiger partial charge is 0.465 e. The van der Waals surface area contributed by atoms with E-state index in [1.165, 1.54) is 39.0 Å². The lowest BCUT2D eigenvalue weighted by atomic mass is 9.95. The van der Waals surface area contributed by atoms with Crippen molar-refractivity contribution in [1.29, 1.82) is 0 Å². The van der Waals surface area contributed by atoms with Gasteiger partial charge >= 0.3 is 5.97 Å². The lowest BCUT2D eigenvalue weighted by Gasteiger charge is -2.23. The van der Waals surface area contributed by atoms with Crippen LogP contribution < -0.4 is 11.1 Å². The highest BCUT2D eigenvalue weighted by molar-refractivity contribution is 5.95. The van der Waals surface area contributed by atoms with Crippen molar-refractivity contribution in [3.05, 3.63) is 17.8 Å². The van der Waals surface area contributed by atoms with E-state index in [9.17, 15) is 4.79 Å². The van der Waals surface area contributed by atoms with Gasteiger partial charge in [-0.05, 0) is 37.2 Å². The number of anilines is 2. The lowest BCUT2D eigenvalue weighted by Crippen LogP contribution is -2.26. The number of rotatable bonds is 3. The summed E-state index contributed by atoms with van der Waals surface area (Å²) in [6.07, 6.45) is 6.73. The smallest absolute Gasteiger partial charge is 0.340 e. The summed E-state index contributed by atoms with van der Waals surface area (Å²) in [4.78, 5) is 15.9. The van der Waals surface area contributed by atoms with Crippen LogP contribution in [0, 0.1) is 11.8 Å². The number of nitrogens with zero attached hydrogens (tertiary/aromatic N) is 1. The van der Waals surface area contributed by atoms with Gasteiger partial charge in [0.15, 0.2) is 0 Å². The lowest BCUT2D eigenvalue weighted by molar-refractivity contribution is 0.0602. The Morgan fingerprint density at radius 1 is 1.47 bits per heavy atom. The number of nitrogens with one attached hydrogen (secondary N) is 1. The van der Waals surface area contributed by atoms with Gasteiger partial charge in [0.2, 0.25) is 0 Å². The first-order valence-electron chi connectivity index (χ1n) is 6.77. The molecule has 1 heterocycles. The number of methoxy groups -OCH3 is 1. The maximum atomic E-state index is 11.6. The van der Waals surface area contributed by atoms with Crippen LogP contribution in [0.25, 0.3) is 0 Å². The van der Waals surface area contributed by atoms with Gasteiger partial charge in [0.1, 0.15) is 5.82 Å². The number of ether oxygens (including phenoxy) is 1. The summed E-state index contributed by atoms with van der Waals surface area (Å²) in [5.74, 6) is 1.92. The molecule has 0 saturated heterocycles. The quantitative estimate of drug-likeness (QED) is 0.814. The molecule has 2 saturated carbocycles. The second-order valence-electron chi connectivity index (χ2n) is 5.57. The second-order valence-corrected chi connectivity index (χ2v) is 5.57. The Balaban J connectivity index is 1.76. The molecule has 1 aromatic rings. The van der Waals surface area contributed by atoms with Crippen molar-refractivity contribution in [2.45, 2.75) is 31.7 Å². The Labute approximate surface area is 112 Å². The Hall–Kier alpha value is -1.78. The van der Waals surface area contributed by atoms with Crippen LogP contribution in [0.2, 0.25) is 0 Å². The van der Waals surface area contributed by atoms with Gasteiger partial charge in [-0.25, -0.2) is 9.78 Å². The van der Waals surface area contributed by atoms with Crippen molar-refractivity contribution in [2.75, 3.05) is 18.2 Å². The van der Waals surface area contributed by atoms with E-state index in [0.29, 0.717) is 23.1 Å². The first-order valence-corrected chi connectivity index (χ1v) is 6.77. The summed E-state index contributed by atoms with van der Waals surface area (Å²) in [7, 11) is 1.35. The summed E-state index contributed by atoms with van der Waals surface area (Å²) in [5, 5.41) is 3.44. The summed E-state index contributed by atoms with van der Waals surface area (Å²) in [6.45, 7) is 0. The van der Waals surface area contributed by atoms with E-state index in [-0.39, 0.29) is 0 Å². The van der Waals surface area contributed by atoms with Gasteiger partial charge in [-0.2, -0.15) is 0 Å². The van der Waals surface area contributed by atoms with Gasteiger partial charge in [0, 0.05) is 6.04 Å². The van der Waals surface area contributed by atoms with Gasteiger partial charge in [0.25, 0.3) is 0 Å². The maximum absolute atomic E-state index is 11.6. The molecule has 102 valence electrons. The third-order valence-corrected chi connectivity index (χ3v) is 4.41. The van der Waals surface area contributed by atoms with Gasteiger partial charge in [-0.15, -0.1) is 0 Å². The van der Waals surface area contributed by atoms with Crippen LogP contribution in [0.4, 0.5) is 11.5 Å². The molecule has 5 heteroatoms. The molecule has 0 radical (unpaired) electrons. The minimum Gasteiger partial charge on any atom is -0.465 e. The molecule has 3 rings (SSSR count). The average Bonchev–Trinajstić information content (AvgIpc) is 3.02. The number of nitrogens with two attached hydrogens (primary N) is 1. The Bertz CT molecular complexity index is 503. The first-order chi connectivity index (χ1) is 9.17. The van der Waals surface area contributed by atoms with E-state index < -0.39 is 5.97 Å². The number of hydrogen-bond donors (Lipinski definition) is 2. The van der Waals surface area contributed by atoms with Crippen molar-refractivity contribution < 1.29 is 9.53 Å². The third-order valence-electron chi connectivity index (χ3n) is 4.41. The zero-order valence-electron chi connectivity index (χ0n) is 11.1. The minimum absolute atomic E-state index is 0.352. The number of esters is 1. The zero-order valence-corrected chi connectivity index (χ0v) is 11.1. The number of nitrogen functional groups attached to an aromatic ring is 1. The summed E-state index contributed by atoms with van der Waals surface area (Å²) in [6, 6.07) is 2.17. The van der Waals surface area contributed by atoms with Crippen LogP contribution in [-0.4, -0.2) is 24.1 Å². The molecule has 2 fully saturated rings. The topological polar surface area (TPSA) is 77.2 Å². The Morgan fingerprint density at radius 3 is 2.95 bits per heavy atom. The van der Waals surface area contributed by atoms with E-state index in [0.717, 1.165) is 11.8 Å². The Morgan fingerprint density at radius 2 is 2.32 bits per heavy atom. The highest BCUT2D eigenvalue weighted by Crippen LogP contribution is 2.45. The number of hydrogen-bond acceptors (Lipinski definition) is 5. The molecule has 2 aliphatic rings. The number of fused-ring (bicyclic) bond motifs is 2. The Kier molecular flexibility index (Phi) is 3.05. The number of aromatic nitrogens is 1. The highest BCUT2D eigenvalue weighted by Gasteiger charge is 2.39. The summed E-state index contributed by atoms with van der Waals surface area (Å²) >= 11 is 0. The van der Waals surface area contributed by atoms with Crippen LogP contribution in [0.5, 0.6) is 0 Å². The van der Waals surface area contributed by atoms with E-state index in [2.05, 4.69) is 10.3 Å². The van der Waals surface area contributed by atoms with Crippen LogP contribution >= 0.6 is 0 Å². The van der Waals surface area contributed by atoms with Crippen molar-refractivity contribution in [3.8, 4) is 0 Å². The fourth-order valence-corrected chi connectivity index (χ4v) is 3.44. The second kappa shape index (κ2) is 4.72. The van der Waals surface area contributed by atoms with Crippen LogP contribution in [0.15, 0.2) is 12.3 Å². The third kappa shape index (κ3) is 2.25. The van der Waals surface area contributed by atoms with Crippen molar-refractivity contribution >= 4 is 17.5 Å². The molecule has 1 aromatic heterocycles.